The van der Waals surface area contributed by atoms with E-state index in [0.717, 1.165) is 0 Å². The lowest BCUT2D eigenvalue weighted by Gasteiger charge is -2.09. The zero-order valence-corrected chi connectivity index (χ0v) is 12.5. The Morgan fingerprint density at radius 1 is 1.45 bits per heavy atom. The third-order valence-corrected chi connectivity index (χ3v) is 3.27. The molecule has 9 heteroatoms. The number of hydrogen-bond donors (Lipinski definition) is 1. The zero-order valence-electron chi connectivity index (χ0n) is 10.1. The first-order chi connectivity index (χ1) is 9.52. The lowest BCUT2D eigenvalue weighted by atomic mass is 10.3. The number of nitrogens with one attached hydrogen (secondary N) is 1. The number of hydrogen-bond acceptors (Lipinski definition) is 6. The highest BCUT2D eigenvalue weighted by atomic mass is 79.9. The van der Waals surface area contributed by atoms with Crippen molar-refractivity contribution in [3.8, 4) is 11.6 Å². The average molecular weight is 360 g/mol. The van der Waals surface area contributed by atoms with Crippen LogP contribution >= 0.6 is 27.5 Å². The SMILES string of the molecule is CNc1ncnc(Oc2ccc(Cl)cc2[N+](=O)[O-])c1Br. The van der Waals surface area contributed by atoms with Crippen LogP contribution < -0.4 is 10.1 Å². The molecule has 0 saturated heterocycles. The number of aromatic nitrogens is 2. The van der Waals surface area contributed by atoms with Crippen LogP contribution in [0.1, 0.15) is 0 Å². The van der Waals surface area contributed by atoms with Gasteiger partial charge in [0.1, 0.15) is 16.6 Å². The molecule has 1 aromatic carbocycles. The number of nitro benzene ring substituents is 1. The van der Waals surface area contributed by atoms with Gasteiger partial charge in [0.15, 0.2) is 0 Å². The summed E-state index contributed by atoms with van der Waals surface area (Å²) in [5.41, 5.74) is -0.242. The summed E-state index contributed by atoms with van der Waals surface area (Å²) in [5, 5.41) is 14.1. The number of nitrogens with zero attached hydrogens (tertiary/aromatic N) is 3. The van der Waals surface area contributed by atoms with Crippen molar-refractivity contribution in [1.29, 1.82) is 0 Å². The lowest BCUT2D eigenvalue weighted by molar-refractivity contribution is -0.385. The number of nitro groups is 1. The topological polar surface area (TPSA) is 90.2 Å². The molecule has 104 valence electrons. The second-order valence-corrected chi connectivity index (χ2v) is 4.79. The van der Waals surface area contributed by atoms with Crippen molar-refractivity contribution in [3.63, 3.8) is 0 Å². The minimum absolute atomic E-state index is 0.0425. The van der Waals surface area contributed by atoms with Gasteiger partial charge in [-0.25, -0.2) is 9.97 Å². The predicted molar refractivity (Wildman–Crippen MR) is 77.5 cm³/mol. The predicted octanol–water partition coefficient (Wildman–Crippen LogP) is 3.63. The van der Waals surface area contributed by atoms with Gasteiger partial charge in [-0.1, -0.05) is 11.6 Å². The first-order valence-electron chi connectivity index (χ1n) is 5.33. The van der Waals surface area contributed by atoms with Crippen molar-refractivity contribution in [2.24, 2.45) is 0 Å². The summed E-state index contributed by atoms with van der Waals surface area (Å²) < 4.78 is 5.93. The summed E-state index contributed by atoms with van der Waals surface area (Å²) in [5.74, 6) is 0.710. The van der Waals surface area contributed by atoms with Gasteiger partial charge in [-0.2, -0.15) is 0 Å². The standard InChI is InChI=1S/C11H8BrClN4O3/c1-14-10-9(12)11(16-5-15-10)20-8-3-2-6(13)4-7(8)17(18)19/h2-5H,1H3,(H,14,15,16). The van der Waals surface area contributed by atoms with Crippen LogP contribution in [0.4, 0.5) is 11.5 Å². The first kappa shape index (κ1) is 14.5. The Balaban J connectivity index is 2.42. The normalized spacial score (nSPS) is 10.2. The van der Waals surface area contributed by atoms with Crippen molar-refractivity contribution < 1.29 is 9.66 Å². The molecule has 1 heterocycles. The minimum atomic E-state index is -0.574. The van der Waals surface area contributed by atoms with E-state index in [4.69, 9.17) is 16.3 Å². The molecule has 0 radical (unpaired) electrons. The summed E-state index contributed by atoms with van der Waals surface area (Å²) in [6.07, 6.45) is 1.29. The molecule has 0 amide bonds. The van der Waals surface area contributed by atoms with E-state index in [-0.39, 0.29) is 22.3 Å². The molecule has 0 bridgehead atoms. The smallest absolute Gasteiger partial charge is 0.313 e. The Labute approximate surface area is 127 Å². The van der Waals surface area contributed by atoms with Crippen LogP contribution in [-0.2, 0) is 0 Å². The van der Waals surface area contributed by atoms with Gasteiger partial charge in [0.05, 0.1) is 4.92 Å². The third kappa shape index (κ3) is 2.97. The number of halogens is 2. The highest BCUT2D eigenvalue weighted by Crippen LogP contribution is 2.36. The number of rotatable bonds is 4. The Hall–Kier alpha value is -1.93. The molecule has 0 spiro atoms. The number of anilines is 1. The molecule has 1 aromatic heterocycles. The van der Waals surface area contributed by atoms with Crippen molar-refractivity contribution >= 4 is 39.0 Å². The Morgan fingerprint density at radius 3 is 2.85 bits per heavy atom. The largest absolute Gasteiger partial charge is 0.430 e. The van der Waals surface area contributed by atoms with E-state index in [1.54, 1.807) is 7.05 Å². The zero-order chi connectivity index (χ0) is 14.7. The average Bonchev–Trinajstić information content (AvgIpc) is 2.42. The molecule has 2 rings (SSSR count). The van der Waals surface area contributed by atoms with Crippen LogP contribution in [0, 0.1) is 10.1 Å². The molecule has 0 fully saturated rings. The van der Waals surface area contributed by atoms with Crippen molar-refractivity contribution in [2.45, 2.75) is 0 Å². The maximum Gasteiger partial charge on any atom is 0.313 e. The number of ether oxygens (including phenoxy) is 1. The van der Waals surface area contributed by atoms with E-state index in [9.17, 15) is 10.1 Å². The van der Waals surface area contributed by atoms with Gasteiger partial charge >= 0.3 is 5.69 Å². The summed E-state index contributed by atoms with van der Waals surface area (Å²) >= 11 is 9.00. The Morgan fingerprint density at radius 2 is 2.20 bits per heavy atom. The molecule has 0 saturated carbocycles. The van der Waals surface area contributed by atoms with Crippen molar-refractivity contribution in [2.75, 3.05) is 12.4 Å². The van der Waals surface area contributed by atoms with Crippen LogP contribution in [0.25, 0.3) is 0 Å². The van der Waals surface area contributed by atoms with Crippen molar-refractivity contribution in [1.82, 2.24) is 9.97 Å². The Kier molecular flexibility index (Phi) is 4.35. The second kappa shape index (κ2) is 6.02. The van der Waals surface area contributed by atoms with E-state index >= 15 is 0 Å². The maximum atomic E-state index is 11.0. The highest BCUT2D eigenvalue weighted by molar-refractivity contribution is 9.10. The molecule has 1 N–H and O–H groups in total. The molecular formula is C11H8BrClN4O3. The van der Waals surface area contributed by atoms with E-state index in [1.165, 1.54) is 24.5 Å². The summed E-state index contributed by atoms with van der Waals surface area (Å²) in [6, 6.07) is 4.12. The van der Waals surface area contributed by atoms with E-state index < -0.39 is 4.92 Å². The second-order valence-electron chi connectivity index (χ2n) is 3.56. The molecule has 0 aliphatic heterocycles. The lowest BCUT2D eigenvalue weighted by Crippen LogP contribution is -1.99. The van der Waals surface area contributed by atoms with Gasteiger partial charge in [-0.3, -0.25) is 10.1 Å². The van der Waals surface area contributed by atoms with Crippen LogP contribution in [-0.4, -0.2) is 21.9 Å². The minimum Gasteiger partial charge on any atom is -0.430 e. The molecule has 0 aliphatic carbocycles. The fourth-order valence-corrected chi connectivity index (χ4v) is 2.07. The molecule has 20 heavy (non-hydrogen) atoms. The Bertz CT molecular complexity index is 668. The first-order valence-corrected chi connectivity index (χ1v) is 6.50. The molecule has 0 unspecified atom stereocenters. The van der Waals surface area contributed by atoms with Crippen LogP contribution in [0.3, 0.4) is 0 Å². The summed E-state index contributed by atoms with van der Waals surface area (Å²) in [6.45, 7) is 0. The van der Waals surface area contributed by atoms with Crippen molar-refractivity contribution in [3.05, 3.63) is 44.1 Å². The van der Waals surface area contributed by atoms with E-state index in [0.29, 0.717) is 10.3 Å². The molecule has 7 nitrogen and oxygen atoms in total. The third-order valence-electron chi connectivity index (χ3n) is 2.32. The molecular weight excluding hydrogens is 352 g/mol. The molecule has 0 atom stereocenters. The monoisotopic (exact) mass is 358 g/mol. The summed E-state index contributed by atoms with van der Waals surface area (Å²) in [4.78, 5) is 18.3. The fourth-order valence-electron chi connectivity index (χ4n) is 1.42. The fraction of sp³-hybridized carbons (Fsp3) is 0.0909. The van der Waals surface area contributed by atoms with E-state index in [1.807, 2.05) is 0 Å². The van der Waals surface area contributed by atoms with Gasteiger partial charge in [0, 0.05) is 18.1 Å². The maximum absolute atomic E-state index is 11.0. The number of benzene rings is 1. The summed E-state index contributed by atoms with van der Waals surface area (Å²) in [7, 11) is 1.68. The van der Waals surface area contributed by atoms with Gasteiger partial charge < -0.3 is 10.1 Å². The molecule has 2 aromatic rings. The molecule has 0 aliphatic rings. The highest BCUT2D eigenvalue weighted by Gasteiger charge is 2.19. The van der Waals surface area contributed by atoms with Crippen LogP contribution in [0.5, 0.6) is 11.6 Å². The van der Waals surface area contributed by atoms with Crippen LogP contribution in [0.15, 0.2) is 29.0 Å². The quantitative estimate of drug-likeness (QED) is 0.662. The van der Waals surface area contributed by atoms with Crippen LogP contribution in [0.2, 0.25) is 5.02 Å². The van der Waals surface area contributed by atoms with Gasteiger partial charge in [0.25, 0.3) is 0 Å². The van der Waals surface area contributed by atoms with Gasteiger partial charge in [0.2, 0.25) is 11.6 Å². The van der Waals surface area contributed by atoms with E-state index in [2.05, 4.69) is 31.2 Å². The van der Waals surface area contributed by atoms with Gasteiger partial charge in [-0.15, -0.1) is 0 Å². The van der Waals surface area contributed by atoms with Gasteiger partial charge in [-0.05, 0) is 28.1 Å².